The Labute approximate surface area is 154 Å². The van der Waals surface area contributed by atoms with Crippen LogP contribution in [0, 0.1) is 0 Å². The van der Waals surface area contributed by atoms with E-state index >= 15 is 0 Å². The van der Waals surface area contributed by atoms with Gasteiger partial charge in [-0.25, -0.2) is 18.0 Å². The van der Waals surface area contributed by atoms with Crippen molar-refractivity contribution in [2.45, 2.75) is 5.37 Å². The van der Waals surface area contributed by atoms with Crippen LogP contribution >= 0.6 is 0 Å². The van der Waals surface area contributed by atoms with E-state index in [4.69, 9.17) is 0 Å². The maximum atomic E-state index is 12.6. The third kappa shape index (κ3) is 3.26. The second-order valence-electron chi connectivity index (χ2n) is 5.72. The van der Waals surface area contributed by atoms with E-state index in [2.05, 4.69) is 9.72 Å². The molecule has 10 heteroatoms. The van der Waals surface area contributed by atoms with Gasteiger partial charge in [0.25, 0.3) is 5.91 Å². The monoisotopic (exact) mass is 390 g/mol. The second-order valence-corrected chi connectivity index (χ2v) is 7.79. The normalized spacial score (nSPS) is 22.6. The minimum atomic E-state index is -3.91. The number of pyridine rings is 1. The third-order valence-electron chi connectivity index (χ3n) is 4.02. The molecule has 0 spiro atoms. The second kappa shape index (κ2) is 6.80. The van der Waals surface area contributed by atoms with Crippen LogP contribution in [0.25, 0.3) is 6.08 Å². The number of sulfone groups is 1. The topological polar surface area (TPSA) is 131 Å². The minimum Gasteiger partial charge on any atom is -0.477 e. The molecule has 3 rings (SSSR count). The molecule has 2 aliphatic heterocycles. The van der Waals surface area contributed by atoms with Gasteiger partial charge in [0.15, 0.2) is 15.2 Å². The zero-order chi connectivity index (χ0) is 19.8. The average Bonchev–Trinajstić information content (AvgIpc) is 2.63. The highest BCUT2D eigenvalue weighted by molar-refractivity contribution is 7.92. The number of fused-ring (bicyclic) bond motifs is 1. The quantitative estimate of drug-likeness (QED) is 0.436. The molecular formula is C17H14N2O7S. The van der Waals surface area contributed by atoms with Gasteiger partial charge < -0.3 is 9.84 Å². The molecule has 0 saturated carbocycles. The van der Waals surface area contributed by atoms with Crippen LogP contribution in [0.15, 0.2) is 53.4 Å². The zero-order valence-electron chi connectivity index (χ0n) is 14.0. The molecule has 1 atom stereocenters. The molecule has 1 aromatic rings. The molecular weight excluding hydrogens is 376 g/mol. The molecule has 2 aliphatic rings. The Bertz CT molecular complexity index is 1020. The van der Waals surface area contributed by atoms with Gasteiger partial charge in [-0.05, 0) is 29.9 Å². The lowest BCUT2D eigenvalue weighted by Crippen LogP contribution is -2.62. The molecule has 140 valence electrons. The summed E-state index contributed by atoms with van der Waals surface area (Å²) in [7, 11) is -2.79. The van der Waals surface area contributed by atoms with Gasteiger partial charge >= 0.3 is 11.9 Å². The Balaban J connectivity index is 2.07. The number of amides is 1. The van der Waals surface area contributed by atoms with Gasteiger partial charge in [-0.1, -0.05) is 6.07 Å². The van der Waals surface area contributed by atoms with Gasteiger partial charge in [-0.2, -0.15) is 0 Å². The Morgan fingerprint density at radius 1 is 1.37 bits per heavy atom. The number of methoxy groups -OCH3 is 1. The molecule has 1 aromatic heterocycles. The van der Waals surface area contributed by atoms with Gasteiger partial charge in [0.2, 0.25) is 0 Å². The molecule has 1 saturated heterocycles. The van der Waals surface area contributed by atoms with Crippen LogP contribution in [0.3, 0.4) is 0 Å². The van der Waals surface area contributed by atoms with E-state index in [9.17, 15) is 27.9 Å². The van der Waals surface area contributed by atoms with E-state index in [0.29, 0.717) is 10.6 Å². The maximum Gasteiger partial charge on any atom is 0.352 e. The van der Waals surface area contributed by atoms with Crippen molar-refractivity contribution in [2.24, 2.45) is 0 Å². The number of carboxylic acids is 1. The first-order valence-electron chi connectivity index (χ1n) is 7.66. The number of rotatable bonds is 4. The van der Waals surface area contributed by atoms with Crippen molar-refractivity contribution in [1.82, 2.24) is 9.88 Å². The first kappa shape index (κ1) is 18.5. The number of aliphatic carboxylic acids is 1. The highest BCUT2D eigenvalue weighted by atomic mass is 32.2. The fraction of sp³-hybridized carbons (Fsp3) is 0.176. The summed E-state index contributed by atoms with van der Waals surface area (Å²) in [6.45, 7) is 0. The van der Waals surface area contributed by atoms with E-state index in [1.165, 1.54) is 12.3 Å². The molecule has 9 nitrogen and oxygen atoms in total. The molecule has 0 unspecified atom stereocenters. The lowest BCUT2D eigenvalue weighted by molar-refractivity contribution is -0.141. The predicted octanol–water partition coefficient (Wildman–Crippen LogP) is 0.130. The summed E-state index contributed by atoms with van der Waals surface area (Å²) in [5, 5.41) is 8.09. The summed E-state index contributed by atoms with van der Waals surface area (Å²) in [4.78, 5) is 40.1. The van der Waals surface area contributed by atoms with Crippen LogP contribution in [0.2, 0.25) is 0 Å². The van der Waals surface area contributed by atoms with Crippen molar-refractivity contribution in [3.63, 3.8) is 0 Å². The zero-order valence-corrected chi connectivity index (χ0v) is 14.8. The van der Waals surface area contributed by atoms with Crippen molar-refractivity contribution >= 4 is 33.8 Å². The van der Waals surface area contributed by atoms with Crippen molar-refractivity contribution in [3.8, 4) is 0 Å². The van der Waals surface area contributed by atoms with Gasteiger partial charge in [-0.15, -0.1) is 0 Å². The summed E-state index contributed by atoms with van der Waals surface area (Å²) in [6.07, 6.45) is 4.76. The van der Waals surface area contributed by atoms with Crippen LogP contribution < -0.4 is 0 Å². The Hall–Kier alpha value is -3.27. The molecule has 1 N–H and O–H groups in total. The Kier molecular flexibility index (Phi) is 4.66. The van der Waals surface area contributed by atoms with Crippen LogP contribution in [-0.4, -0.2) is 59.5 Å². The number of ether oxygens (including phenoxy) is 1. The molecule has 0 radical (unpaired) electrons. The highest BCUT2D eigenvalue weighted by Crippen LogP contribution is 2.41. The third-order valence-corrected chi connectivity index (χ3v) is 5.88. The number of allylic oxidation sites excluding steroid dienone is 1. The largest absolute Gasteiger partial charge is 0.477 e. The minimum absolute atomic E-state index is 0.0524. The van der Waals surface area contributed by atoms with Gasteiger partial charge in [0.1, 0.15) is 5.70 Å². The van der Waals surface area contributed by atoms with E-state index in [0.717, 1.165) is 19.3 Å². The van der Waals surface area contributed by atoms with Gasteiger partial charge in [0.05, 0.1) is 24.1 Å². The van der Waals surface area contributed by atoms with Crippen LogP contribution in [0.4, 0.5) is 0 Å². The number of carboxylic acid groups (broad SMARTS) is 1. The Morgan fingerprint density at radius 2 is 2.11 bits per heavy atom. The van der Waals surface area contributed by atoms with E-state index in [-0.39, 0.29) is 11.1 Å². The molecule has 27 heavy (non-hydrogen) atoms. The first-order valence-corrected chi connectivity index (χ1v) is 9.38. The molecule has 3 heterocycles. The standard InChI is InChI=1S/C17H14N2O7S/c1-26-13(20)6-5-10-9-27(24,25)16-12(8-11-4-2-3-7-18-11)15(21)19(16)14(10)17(22)23/h2-8,16H,9H2,1H3,(H,22,23)/b6-5+,12-8-/t16-/m1/s1. The van der Waals surface area contributed by atoms with E-state index in [1.54, 1.807) is 18.2 Å². The smallest absolute Gasteiger partial charge is 0.352 e. The first-order chi connectivity index (χ1) is 12.8. The predicted molar refractivity (Wildman–Crippen MR) is 92.5 cm³/mol. The van der Waals surface area contributed by atoms with Crippen LogP contribution in [0.5, 0.6) is 0 Å². The number of hydrogen-bond donors (Lipinski definition) is 1. The highest BCUT2D eigenvalue weighted by Gasteiger charge is 2.56. The summed E-state index contributed by atoms with van der Waals surface area (Å²) in [6, 6.07) is 4.93. The number of esters is 1. The number of β-lactam (4-membered cyclic amide) rings is 1. The number of hydrogen-bond acceptors (Lipinski definition) is 7. The average molecular weight is 390 g/mol. The van der Waals surface area contributed by atoms with Gasteiger partial charge in [-0.3, -0.25) is 14.7 Å². The summed E-state index contributed by atoms with van der Waals surface area (Å²) in [5.74, 6) is -3.62. The molecule has 0 bridgehead atoms. The fourth-order valence-electron chi connectivity index (χ4n) is 2.87. The molecule has 1 fully saturated rings. The van der Waals surface area contributed by atoms with Crippen molar-refractivity contribution < 1.29 is 32.6 Å². The molecule has 1 amide bonds. The number of nitrogens with zero attached hydrogens (tertiary/aromatic N) is 2. The van der Waals surface area contributed by atoms with Crippen molar-refractivity contribution in [1.29, 1.82) is 0 Å². The molecule has 0 aromatic carbocycles. The van der Waals surface area contributed by atoms with Crippen LogP contribution in [0.1, 0.15) is 5.69 Å². The summed E-state index contributed by atoms with van der Waals surface area (Å²) >= 11 is 0. The summed E-state index contributed by atoms with van der Waals surface area (Å²) in [5.41, 5.74) is -0.316. The lowest BCUT2D eigenvalue weighted by atomic mass is 10.0. The van der Waals surface area contributed by atoms with Gasteiger partial charge in [0, 0.05) is 12.3 Å². The van der Waals surface area contributed by atoms with Crippen molar-refractivity contribution in [3.05, 3.63) is 59.1 Å². The van der Waals surface area contributed by atoms with Crippen LogP contribution in [-0.2, 0) is 29.0 Å². The van der Waals surface area contributed by atoms with Crippen molar-refractivity contribution in [2.75, 3.05) is 12.9 Å². The lowest BCUT2D eigenvalue weighted by Gasteiger charge is -2.45. The molecule has 0 aliphatic carbocycles. The van der Waals surface area contributed by atoms with E-state index in [1.807, 2.05) is 0 Å². The maximum absolute atomic E-state index is 12.6. The Morgan fingerprint density at radius 3 is 2.70 bits per heavy atom. The number of carbonyl (C=O) groups is 3. The number of carbonyl (C=O) groups excluding carboxylic acids is 2. The van der Waals surface area contributed by atoms with E-state index < -0.39 is 44.5 Å². The SMILES string of the molecule is COC(=O)/C=C/C1=C(C(=O)O)N2C(=O)/C(=C/c3ccccn3)[C@H]2S(=O)(=O)C1. The summed E-state index contributed by atoms with van der Waals surface area (Å²) < 4.78 is 29.7. The fourth-order valence-corrected chi connectivity index (χ4v) is 4.78. The number of aromatic nitrogens is 1.